The van der Waals surface area contributed by atoms with Crippen molar-refractivity contribution in [1.29, 1.82) is 0 Å². The number of carbonyl (C=O) groups excluding carboxylic acids is 1. The van der Waals surface area contributed by atoms with E-state index in [2.05, 4.69) is 20.6 Å². The highest BCUT2D eigenvalue weighted by Crippen LogP contribution is 2.17. The molecule has 5 nitrogen and oxygen atoms in total. The minimum Gasteiger partial charge on any atom is -0.364 e. The predicted octanol–water partition coefficient (Wildman–Crippen LogP) is 1.24. The van der Waals surface area contributed by atoms with E-state index in [1.54, 1.807) is 0 Å². The molecule has 1 unspecified atom stereocenters. The highest BCUT2D eigenvalue weighted by molar-refractivity contribution is 5.80. The first-order valence-electron chi connectivity index (χ1n) is 5.99. The maximum absolute atomic E-state index is 11.2. The Labute approximate surface area is 105 Å². The first kappa shape index (κ1) is 11.0. The van der Waals surface area contributed by atoms with Crippen LogP contribution in [0.15, 0.2) is 24.3 Å². The number of amides is 1. The number of fused-ring (bicyclic) bond motifs is 1. The summed E-state index contributed by atoms with van der Waals surface area (Å²) >= 11 is 0. The molecule has 0 aliphatic carbocycles. The van der Waals surface area contributed by atoms with Crippen LogP contribution in [0.25, 0.3) is 11.0 Å². The smallest absolute Gasteiger partial charge is 0.222 e. The Hall–Kier alpha value is -2.17. The molecule has 0 spiro atoms. The minimum atomic E-state index is 0.0823. The van der Waals surface area contributed by atoms with Crippen molar-refractivity contribution < 1.29 is 4.79 Å². The van der Waals surface area contributed by atoms with Crippen LogP contribution in [0.2, 0.25) is 0 Å². The first-order valence-corrected chi connectivity index (χ1v) is 5.99. The summed E-state index contributed by atoms with van der Waals surface area (Å²) in [7, 11) is 0. The SMILES string of the molecule is Cc1nc2ccccc2nc1NC1CNC(=O)C1. The van der Waals surface area contributed by atoms with Crippen LogP contribution in [0.1, 0.15) is 12.1 Å². The van der Waals surface area contributed by atoms with Gasteiger partial charge in [-0.15, -0.1) is 0 Å². The Morgan fingerprint density at radius 1 is 1.28 bits per heavy atom. The Kier molecular flexibility index (Phi) is 2.59. The van der Waals surface area contributed by atoms with E-state index in [1.165, 1.54) is 0 Å². The molecule has 2 N–H and O–H groups in total. The maximum Gasteiger partial charge on any atom is 0.222 e. The molecule has 1 atom stereocenters. The van der Waals surface area contributed by atoms with Crippen LogP contribution in [-0.4, -0.2) is 28.5 Å². The van der Waals surface area contributed by atoms with Crippen molar-refractivity contribution in [1.82, 2.24) is 15.3 Å². The number of anilines is 1. The van der Waals surface area contributed by atoms with Gasteiger partial charge < -0.3 is 10.6 Å². The Bertz CT molecular complexity index is 611. The van der Waals surface area contributed by atoms with Gasteiger partial charge in [0.1, 0.15) is 5.82 Å². The van der Waals surface area contributed by atoms with E-state index in [1.807, 2.05) is 31.2 Å². The average molecular weight is 242 g/mol. The topological polar surface area (TPSA) is 66.9 Å². The number of nitrogens with zero attached hydrogens (tertiary/aromatic N) is 2. The molecule has 1 aromatic carbocycles. The molecule has 2 heterocycles. The molecule has 1 aliphatic rings. The number of hydrogen-bond donors (Lipinski definition) is 2. The number of para-hydroxylation sites is 2. The third kappa shape index (κ3) is 1.99. The molecule has 5 heteroatoms. The second-order valence-electron chi connectivity index (χ2n) is 4.50. The lowest BCUT2D eigenvalue weighted by Crippen LogP contribution is -2.23. The Morgan fingerprint density at radius 3 is 2.67 bits per heavy atom. The summed E-state index contributed by atoms with van der Waals surface area (Å²) in [5, 5.41) is 6.07. The van der Waals surface area contributed by atoms with Crippen molar-refractivity contribution in [2.24, 2.45) is 0 Å². The molecule has 1 saturated heterocycles. The van der Waals surface area contributed by atoms with Crippen LogP contribution < -0.4 is 10.6 Å². The summed E-state index contributed by atoms with van der Waals surface area (Å²) in [4.78, 5) is 20.2. The zero-order valence-electron chi connectivity index (χ0n) is 10.1. The maximum atomic E-state index is 11.2. The van der Waals surface area contributed by atoms with Crippen molar-refractivity contribution >= 4 is 22.8 Å². The monoisotopic (exact) mass is 242 g/mol. The van der Waals surface area contributed by atoms with Crippen molar-refractivity contribution in [3.63, 3.8) is 0 Å². The number of hydrogen-bond acceptors (Lipinski definition) is 4. The molecule has 2 aromatic rings. The second-order valence-corrected chi connectivity index (χ2v) is 4.50. The third-order valence-corrected chi connectivity index (χ3v) is 3.06. The minimum absolute atomic E-state index is 0.0823. The second kappa shape index (κ2) is 4.25. The van der Waals surface area contributed by atoms with Crippen molar-refractivity contribution in [3.05, 3.63) is 30.0 Å². The Morgan fingerprint density at radius 2 is 2.00 bits per heavy atom. The standard InChI is InChI=1S/C13H14N4O/c1-8-13(16-9-6-12(18)14-7-9)17-11-5-3-2-4-10(11)15-8/h2-5,9H,6-7H2,1H3,(H,14,18)(H,16,17). The number of rotatable bonds is 2. The number of carbonyl (C=O) groups is 1. The van der Waals surface area contributed by atoms with E-state index in [0.717, 1.165) is 22.5 Å². The fraction of sp³-hybridized carbons (Fsp3) is 0.308. The molecule has 1 amide bonds. The molecule has 3 rings (SSSR count). The van der Waals surface area contributed by atoms with Crippen molar-refractivity contribution in [3.8, 4) is 0 Å². The zero-order valence-corrected chi connectivity index (χ0v) is 10.1. The summed E-state index contributed by atoms with van der Waals surface area (Å²) in [6.45, 7) is 2.57. The van der Waals surface area contributed by atoms with Crippen molar-refractivity contribution in [2.45, 2.75) is 19.4 Å². The van der Waals surface area contributed by atoms with Crippen LogP contribution in [-0.2, 0) is 4.79 Å². The molecule has 0 radical (unpaired) electrons. The van der Waals surface area contributed by atoms with E-state index in [-0.39, 0.29) is 11.9 Å². The quantitative estimate of drug-likeness (QED) is 0.831. The van der Waals surface area contributed by atoms with Crippen LogP contribution in [0, 0.1) is 6.92 Å². The largest absolute Gasteiger partial charge is 0.364 e. The van der Waals surface area contributed by atoms with E-state index in [4.69, 9.17) is 0 Å². The molecule has 92 valence electrons. The molecule has 0 saturated carbocycles. The highest BCUT2D eigenvalue weighted by Gasteiger charge is 2.22. The number of aromatic nitrogens is 2. The van der Waals surface area contributed by atoms with Crippen LogP contribution in [0.3, 0.4) is 0 Å². The fourth-order valence-electron chi connectivity index (χ4n) is 2.13. The third-order valence-electron chi connectivity index (χ3n) is 3.06. The van der Waals surface area contributed by atoms with Gasteiger partial charge in [-0.3, -0.25) is 4.79 Å². The molecule has 1 fully saturated rings. The summed E-state index contributed by atoms with van der Waals surface area (Å²) in [6.07, 6.45) is 0.494. The van der Waals surface area contributed by atoms with Gasteiger partial charge in [-0.2, -0.15) is 0 Å². The number of nitrogens with one attached hydrogen (secondary N) is 2. The summed E-state index contributed by atoms with van der Waals surface area (Å²) in [5.41, 5.74) is 2.61. The van der Waals surface area contributed by atoms with Gasteiger partial charge in [0, 0.05) is 13.0 Å². The van der Waals surface area contributed by atoms with Gasteiger partial charge in [-0.1, -0.05) is 12.1 Å². The predicted molar refractivity (Wildman–Crippen MR) is 69.3 cm³/mol. The lowest BCUT2D eigenvalue weighted by molar-refractivity contribution is -0.119. The number of benzene rings is 1. The molecular formula is C13H14N4O. The van der Waals surface area contributed by atoms with E-state index in [0.29, 0.717) is 13.0 Å². The van der Waals surface area contributed by atoms with E-state index < -0.39 is 0 Å². The van der Waals surface area contributed by atoms with Crippen molar-refractivity contribution in [2.75, 3.05) is 11.9 Å². The van der Waals surface area contributed by atoms with Gasteiger partial charge in [-0.05, 0) is 19.1 Å². The summed E-state index contributed by atoms with van der Waals surface area (Å²) in [6, 6.07) is 7.87. The Balaban J connectivity index is 1.91. The first-order chi connectivity index (χ1) is 8.72. The van der Waals surface area contributed by atoms with Crippen LogP contribution in [0.4, 0.5) is 5.82 Å². The van der Waals surface area contributed by atoms with Crippen LogP contribution >= 0.6 is 0 Å². The number of aryl methyl sites for hydroxylation is 1. The van der Waals surface area contributed by atoms with Gasteiger partial charge in [0.25, 0.3) is 0 Å². The van der Waals surface area contributed by atoms with Crippen LogP contribution in [0.5, 0.6) is 0 Å². The molecule has 0 bridgehead atoms. The molecular weight excluding hydrogens is 228 g/mol. The molecule has 1 aliphatic heterocycles. The van der Waals surface area contributed by atoms with Gasteiger partial charge in [0.2, 0.25) is 5.91 Å². The van der Waals surface area contributed by atoms with Gasteiger partial charge in [0.05, 0.1) is 22.8 Å². The normalized spacial score (nSPS) is 18.9. The lowest BCUT2D eigenvalue weighted by atomic mass is 10.2. The van der Waals surface area contributed by atoms with E-state index >= 15 is 0 Å². The highest BCUT2D eigenvalue weighted by atomic mass is 16.1. The molecule has 18 heavy (non-hydrogen) atoms. The lowest BCUT2D eigenvalue weighted by Gasteiger charge is -2.13. The summed E-state index contributed by atoms with van der Waals surface area (Å²) in [5.74, 6) is 0.842. The summed E-state index contributed by atoms with van der Waals surface area (Å²) < 4.78 is 0. The van der Waals surface area contributed by atoms with Gasteiger partial charge >= 0.3 is 0 Å². The average Bonchev–Trinajstić information content (AvgIpc) is 2.76. The zero-order chi connectivity index (χ0) is 12.5. The van der Waals surface area contributed by atoms with Gasteiger partial charge in [-0.25, -0.2) is 9.97 Å². The fourth-order valence-corrected chi connectivity index (χ4v) is 2.13. The molecule has 1 aromatic heterocycles. The van der Waals surface area contributed by atoms with E-state index in [9.17, 15) is 4.79 Å². The van der Waals surface area contributed by atoms with Gasteiger partial charge in [0.15, 0.2) is 0 Å².